The lowest BCUT2D eigenvalue weighted by Crippen LogP contribution is -2.24. The van der Waals surface area contributed by atoms with E-state index in [2.05, 4.69) is 9.94 Å². The first-order valence-electron chi connectivity index (χ1n) is 4.38. The van der Waals surface area contributed by atoms with Crippen LogP contribution in [-0.2, 0) is 21.5 Å². The molecular formula is C9H11N3O4. The third-order valence-corrected chi connectivity index (χ3v) is 1.52. The number of carboxylic acids is 1. The molecule has 0 fully saturated rings. The highest BCUT2D eigenvalue weighted by molar-refractivity contribution is 5.90. The van der Waals surface area contributed by atoms with Crippen molar-refractivity contribution >= 4 is 18.0 Å². The predicted octanol–water partition coefficient (Wildman–Crippen LogP) is -0.434. The fourth-order valence-corrected chi connectivity index (χ4v) is 0.901. The van der Waals surface area contributed by atoms with E-state index in [1.54, 1.807) is 24.1 Å². The lowest BCUT2D eigenvalue weighted by Gasteiger charge is -1.98. The van der Waals surface area contributed by atoms with E-state index in [-0.39, 0.29) is 0 Å². The molecule has 0 radical (unpaired) electrons. The highest BCUT2D eigenvalue weighted by Gasteiger charge is 1.99. The Labute approximate surface area is 91.3 Å². The fraction of sp³-hybridized carbons (Fsp3) is 0.222. The summed E-state index contributed by atoms with van der Waals surface area (Å²) >= 11 is 0. The van der Waals surface area contributed by atoms with Gasteiger partial charge in [0.25, 0.3) is 5.91 Å². The number of carbonyl (C=O) groups is 2. The lowest BCUT2D eigenvalue weighted by molar-refractivity contribution is -0.147. The van der Waals surface area contributed by atoms with Gasteiger partial charge in [-0.15, -0.1) is 0 Å². The second kappa shape index (κ2) is 5.66. The molecule has 0 spiro atoms. The Morgan fingerprint density at radius 3 is 3.00 bits per heavy atom. The van der Waals surface area contributed by atoms with Crippen LogP contribution in [0.3, 0.4) is 0 Å². The molecule has 1 rings (SSSR count). The van der Waals surface area contributed by atoms with E-state index in [1.165, 1.54) is 12.2 Å². The zero-order chi connectivity index (χ0) is 12.0. The summed E-state index contributed by atoms with van der Waals surface area (Å²) in [6.07, 6.45) is 6.06. The summed E-state index contributed by atoms with van der Waals surface area (Å²) in [5.74, 6) is -1.69. The molecule has 0 aromatic carbocycles. The first kappa shape index (κ1) is 11.9. The van der Waals surface area contributed by atoms with Crippen LogP contribution >= 0.6 is 0 Å². The van der Waals surface area contributed by atoms with Crippen LogP contribution in [0.4, 0.5) is 0 Å². The van der Waals surface area contributed by atoms with Gasteiger partial charge in [-0.05, 0) is 6.08 Å². The molecule has 86 valence electrons. The second-order valence-electron chi connectivity index (χ2n) is 2.93. The van der Waals surface area contributed by atoms with Crippen LogP contribution in [0.5, 0.6) is 0 Å². The molecule has 1 aromatic heterocycles. The molecule has 0 unspecified atom stereocenters. The van der Waals surface area contributed by atoms with Gasteiger partial charge in [0.05, 0.1) is 6.20 Å². The Morgan fingerprint density at radius 1 is 1.69 bits per heavy atom. The third-order valence-electron chi connectivity index (χ3n) is 1.52. The lowest BCUT2D eigenvalue weighted by atomic mass is 10.3. The van der Waals surface area contributed by atoms with Crippen molar-refractivity contribution in [3.63, 3.8) is 0 Å². The standard InChI is InChI=1S/C9H11N3O4/c1-12-5-7(4-10-12)2-3-8(13)11-16-6-9(14)15/h2-5H,6H2,1H3,(H,11,13)(H,14,15). The maximum atomic E-state index is 11.1. The van der Waals surface area contributed by atoms with Crippen LogP contribution in [-0.4, -0.2) is 33.4 Å². The molecule has 16 heavy (non-hydrogen) atoms. The summed E-state index contributed by atoms with van der Waals surface area (Å²) in [5.41, 5.74) is 2.72. The van der Waals surface area contributed by atoms with Gasteiger partial charge < -0.3 is 5.11 Å². The molecule has 0 aliphatic heterocycles. The summed E-state index contributed by atoms with van der Waals surface area (Å²) in [7, 11) is 1.76. The van der Waals surface area contributed by atoms with Crippen molar-refractivity contribution in [3.05, 3.63) is 24.0 Å². The van der Waals surface area contributed by atoms with Crippen LogP contribution in [0.15, 0.2) is 18.5 Å². The Balaban J connectivity index is 2.34. The van der Waals surface area contributed by atoms with E-state index < -0.39 is 18.5 Å². The summed E-state index contributed by atoms with van der Waals surface area (Å²) in [6, 6.07) is 0. The third kappa shape index (κ3) is 4.38. The van der Waals surface area contributed by atoms with E-state index in [0.29, 0.717) is 0 Å². The zero-order valence-corrected chi connectivity index (χ0v) is 8.58. The van der Waals surface area contributed by atoms with Crippen LogP contribution in [0, 0.1) is 0 Å². The molecule has 0 saturated heterocycles. The molecular weight excluding hydrogens is 214 g/mol. The number of aliphatic carboxylic acids is 1. The number of aryl methyl sites for hydroxylation is 1. The molecule has 1 heterocycles. The topological polar surface area (TPSA) is 93.5 Å². The first-order valence-corrected chi connectivity index (χ1v) is 4.38. The van der Waals surface area contributed by atoms with Crippen molar-refractivity contribution < 1.29 is 19.5 Å². The molecule has 0 bridgehead atoms. The zero-order valence-electron chi connectivity index (χ0n) is 8.58. The molecule has 7 nitrogen and oxygen atoms in total. The molecule has 1 aromatic rings. The second-order valence-corrected chi connectivity index (χ2v) is 2.93. The summed E-state index contributed by atoms with van der Waals surface area (Å²) in [6.45, 7) is -0.577. The highest BCUT2D eigenvalue weighted by Crippen LogP contribution is 1.98. The van der Waals surface area contributed by atoms with Gasteiger partial charge in [-0.25, -0.2) is 10.3 Å². The number of hydrogen-bond acceptors (Lipinski definition) is 4. The highest BCUT2D eigenvalue weighted by atomic mass is 16.7. The Kier molecular flexibility index (Phi) is 4.22. The summed E-state index contributed by atoms with van der Waals surface area (Å²) in [5, 5.41) is 12.1. The number of rotatable bonds is 5. The van der Waals surface area contributed by atoms with Crippen LogP contribution in [0.2, 0.25) is 0 Å². The predicted molar refractivity (Wildman–Crippen MR) is 54.0 cm³/mol. The largest absolute Gasteiger partial charge is 0.479 e. The van der Waals surface area contributed by atoms with Gasteiger partial charge in [-0.2, -0.15) is 5.10 Å². The number of carbonyl (C=O) groups excluding carboxylic acids is 1. The Hall–Kier alpha value is -2.15. The average Bonchev–Trinajstić information content (AvgIpc) is 2.61. The molecule has 0 atom stereocenters. The average molecular weight is 225 g/mol. The van der Waals surface area contributed by atoms with Gasteiger partial charge in [0.1, 0.15) is 0 Å². The molecule has 0 aliphatic carbocycles. The maximum Gasteiger partial charge on any atom is 0.332 e. The minimum Gasteiger partial charge on any atom is -0.479 e. The van der Waals surface area contributed by atoms with Crippen LogP contribution in [0.1, 0.15) is 5.56 Å². The molecule has 2 N–H and O–H groups in total. The van der Waals surface area contributed by atoms with Crippen LogP contribution in [0.25, 0.3) is 6.08 Å². The van der Waals surface area contributed by atoms with Crippen molar-refractivity contribution in [1.82, 2.24) is 15.3 Å². The van der Waals surface area contributed by atoms with E-state index in [4.69, 9.17) is 5.11 Å². The minimum absolute atomic E-state index is 0.537. The molecule has 7 heteroatoms. The monoisotopic (exact) mass is 225 g/mol. The van der Waals surface area contributed by atoms with Gasteiger partial charge in [-0.1, -0.05) is 0 Å². The van der Waals surface area contributed by atoms with Gasteiger partial charge in [0, 0.05) is 24.9 Å². The number of amides is 1. The van der Waals surface area contributed by atoms with Gasteiger partial charge in [-0.3, -0.25) is 14.3 Å². The SMILES string of the molecule is Cn1cc(C=CC(=O)NOCC(=O)O)cn1. The fourth-order valence-electron chi connectivity index (χ4n) is 0.901. The number of carboxylic acid groups (broad SMARTS) is 1. The smallest absolute Gasteiger partial charge is 0.332 e. The quantitative estimate of drug-likeness (QED) is 0.523. The van der Waals surface area contributed by atoms with E-state index in [0.717, 1.165) is 5.56 Å². The van der Waals surface area contributed by atoms with E-state index in [1.807, 2.05) is 5.48 Å². The molecule has 0 aliphatic rings. The van der Waals surface area contributed by atoms with Gasteiger partial charge >= 0.3 is 5.97 Å². The minimum atomic E-state index is -1.16. The summed E-state index contributed by atoms with van der Waals surface area (Å²) in [4.78, 5) is 25.5. The normalized spacial score (nSPS) is 10.6. The number of hydroxylamine groups is 1. The molecule has 1 amide bonds. The first-order chi connectivity index (χ1) is 7.58. The van der Waals surface area contributed by atoms with Gasteiger partial charge in [0.15, 0.2) is 6.61 Å². The van der Waals surface area contributed by atoms with Crippen LogP contribution < -0.4 is 5.48 Å². The number of aromatic nitrogens is 2. The van der Waals surface area contributed by atoms with Crippen molar-refractivity contribution in [2.45, 2.75) is 0 Å². The van der Waals surface area contributed by atoms with Crippen molar-refractivity contribution in [1.29, 1.82) is 0 Å². The number of nitrogens with one attached hydrogen (secondary N) is 1. The Morgan fingerprint density at radius 2 is 2.44 bits per heavy atom. The van der Waals surface area contributed by atoms with E-state index in [9.17, 15) is 9.59 Å². The number of hydrogen-bond donors (Lipinski definition) is 2. The van der Waals surface area contributed by atoms with E-state index >= 15 is 0 Å². The van der Waals surface area contributed by atoms with Crippen molar-refractivity contribution in [2.24, 2.45) is 7.05 Å². The van der Waals surface area contributed by atoms with Crippen molar-refractivity contribution in [3.8, 4) is 0 Å². The maximum absolute atomic E-state index is 11.1. The number of nitrogens with zero attached hydrogens (tertiary/aromatic N) is 2. The van der Waals surface area contributed by atoms with Gasteiger partial charge in [0.2, 0.25) is 0 Å². The Bertz CT molecular complexity index is 411. The van der Waals surface area contributed by atoms with Crippen molar-refractivity contribution in [2.75, 3.05) is 6.61 Å². The molecule has 0 saturated carbocycles. The summed E-state index contributed by atoms with van der Waals surface area (Å²) < 4.78 is 1.60.